The van der Waals surface area contributed by atoms with Gasteiger partial charge in [0.2, 0.25) is 23.2 Å². The van der Waals surface area contributed by atoms with Crippen molar-refractivity contribution in [3.05, 3.63) is 54.1 Å². The minimum atomic E-state index is -0.760. The summed E-state index contributed by atoms with van der Waals surface area (Å²) in [6, 6.07) is 15.3. The van der Waals surface area contributed by atoms with E-state index < -0.39 is 6.23 Å². The molecule has 178 valence electrons. The zero-order valence-electron chi connectivity index (χ0n) is 20.0. The molecule has 8 heteroatoms. The van der Waals surface area contributed by atoms with E-state index >= 15 is 0 Å². The van der Waals surface area contributed by atoms with Gasteiger partial charge in [0.15, 0.2) is 5.69 Å². The third-order valence-electron chi connectivity index (χ3n) is 5.28. The van der Waals surface area contributed by atoms with Crippen LogP contribution in [0.25, 0.3) is 11.3 Å². The monoisotopic (exact) mass is 478 g/mol. The normalized spacial score (nSPS) is 14.7. The predicted octanol–water partition coefficient (Wildman–Crippen LogP) is 5.91. The summed E-state index contributed by atoms with van der Waals surface area (Å²) < 4.78 is 12.5. The summed E-state index contributed by atoms with van der Waals surface area (Å²) in [6.07, 6.45) is 0.345. The van der Waals surface area contributed by atoms with Gasteiger partial charge in [0.1, 0.15) is 5.75 Å². The summed E-state index contributed by atoms with van der Waals surface area (Å²) in [5, 5.41) is 9.40. The highest BCUT2D eigenvalue weighted by Gasteiger charge is 2.36. The summed E-state index contributed by atoms with van der Waals surface area (Å²) in [5.41, 5.74) is 2.76. The molecule has 0 spiro atoms. The van der Waals surface area contributed by atoms with E-state index in [1.54, 1.807) is 16.7 Å². The lowest BCUT2D eigenvalue weighted by Gasteiger charge is -2.31. The molecule has 34 heavy (non-hydrogen) atoms. The van der Waals surface area contributed by atoms with E-state index in [4.69, 9.17) is 14.5 Å². The first kappa shape index (κ1) is 24.0. The number of benzene rings is 2. The van der Waals surface area contributed by atoms with E-state index in [1.807, 2.05) is 62.4 Å². The summed E-state index contributed by atoms with van der Waals surface area (Å²) in [7, 11) is 0. The van der Waals surface area contributed by atoms with Crippen LogP contribution in [0.2, 0.25) is 0 Å². The first-order valence-electron chi connectivity index (χ1n) is 11.7. The van der Waals surface area contributed by atoms with Crippen LogP contribution in [0.1, 0.15) is 52.3 Å². The topological polar surface area (TPSA) is 77.4 Å². The number of nitrogens with zero attached hydrogens (tertiary/aromatic N) is 4. The maximum Gasteiger partial charge on any atom is 0.247 e. The third-order valence-corrected chi connectivity index (χ3v) is 6.54. The predicted molar refractivity (Wildman–Crippen MR) is 134 cm³/mol. The van der Waals surface area contributed by atoms with Crippen molar-refractivity contribution in [3.63, 3.8) is 0 Å². The van der Waals surface area contributed by atoms with Crippen molar-refractivity contribution in [2.75, 3.05) is 17.3 Å². The lowest BCUT2D eigenvalue weighted by Crippen LogP contribution is -2.37. The summed E-state index contributed by atoms with van der Waals surface area (Å²) >= 11 is 1.54. The number of fused-ring (bicyclic) bond motifs is 3. The van der Waals surface area contributed by atoms with Gasteiger partial charge in [-0.25, -0.2) is 0 Å². The number of thioether (sulfide) groups is 1. The second kappa shape index (κ2) is 10.9. The Bertz CT molecular complexity index is 1150. The number of para-hydroxylation sites is 2. The molecule has 1 aliphatic rings. The number of amides is 1. The van der Waals surface area contributed by atoms with Crippen LogP contribution < -0.4 is 14.4 Å². The molecule has 1 amide bonds. The molecule has 4 rings (SSSR count). The molecule has 0 saturated heterocycles. The molecule has 0 N–H and O–H groups in total. The molecule has 0 aliphatic carbocycles. The van der Waals surface area contributed by atoms with Gasteiger partial charge in [0.25, 0.3) is 0 Å². The van der Waals surface area contributed by atoms with Gasteiger partial charge in [0, 0.05) is 17.7 Å². The quantitative estimate of drug-likeness (QED) is 0.372. The number of aromatic nitrogens is 3. The van der Waals surface area contributed by atoms with E-state index in [0.29, 0.717) is 41.4 Å². The fraction of sp³-hybridized carbons (Fsp3) is 0.385. The Hall–Kier alpha value is -3.13. The van der Waals surface area contributed by atoms with E-state index in [2.05, 4.69) is 24.0 Å². The second-order valence-electron chi connectivity index (χ2n) is 8.42. The van der Waals surface area contributed by atoms with Crippen LogP contribution in [0.3, 0.4) is 0 Å². The fourth-order valence-electron chi connectivity index (χ4n) is 3.79. The number of hydrogen-bond donors (Lipinski definition) is 0. The van der Waals surface area contributed by atoms with Gasteiger partial charge in [-0.05, 0) is 37.5 Å². The SMILES string of the molecule is CCCC(=O)N1c2ccccc2-c2nnc(SCC(C)C)nc2O[C@H]1c1ccccc1OCC. The Kier molecular flexibility index (Phi) is 7.67. The van der Waals surface area contributed by atoms with E-state index in [0.717, 1.165) is 29.0 Å². The first-order chi connectivity index (χ1) is 16.5. The Morgan fingerprint density at radius 2 is 1.88 bits per heavy atom. The molecule has 3 aromatic rings. The van der Waals surface area contributed by atoms with Crippen molar-refractivity contribution in [2.45, 2.75) is 51.9 Å². The maximum atomic E-state index is 13.5. The highest BCUT2D eigenvalue weighted by molar-refractivity contribution is 7.99. The molecule has 0 radical (unpaired) electrons. The summed E-state index contributed by atoms with van der Waals surface area (Å²) in [4.78, 5) is 19.9. The van der Waals surface area contributed by atoms with Crippen LogP contribution in [0, 0.1) is 5.92 Å². The van der Waals surface area contributed by atoms with Gasteiger partial charge >= 0.3 is 0 Å². The minimum absolute atomic E-state index is 0.0403. The van der Waals surface area contributed by atoms with E-state index in [9.17, 15) is 4.79 Å². The van der Waals surface area contributed by atoms with Gasteiger partial charge in [-0.3, -0.25) is 9.69 Å². The van der Waals surface area contributed by atoms with Crippen molar-refractivity contribution in [2.24, 2.45) is 5.92 Å². The lowest BCUT2D eigenvalue weighted by molar-refractivity contribution is -0.120. The van der Waals surface area contributed by atoms with Crippen molar-refractivity contribution in [1.29, 1.82) is 0 Å². The first-order valence-corrected chi connectivity index (χ1v) is 12.7. The van der Waals surface area contributed by atoms with Crippen LogP contribution in [-0.2, 0) is 4.79 Å². The Morgan fingerprint density at radius 1 is 1.12 bits per heavy atom. The number of ether oxygens (including phenoxy) is 2. The van der Waals surface area contributed by atoms with E-state index in [1.165, 1.54) is 0 Å². The standard InChI is InChI=1S/C26H30N4O3S/c1-5-11-22(31)30-20-14-9-7-12-18(20)23-24(27-26(29-28-23)34-16-17(3)4)33-25(30)19-13-8-10-15-21(19)32-6-2/h7-10,12-15,17,25H,5-6,11,16H2,1-4H3/t25-/m0/s1. The van der Waals surface area contributed by atoms with Gasteiger partial charge in [-0.15, -0.1) is 10.2 Å². The fourth-order valence-corrected chi connectivity index (χ4v) is 4.52. The Labute approximate surface area is 204 Å². The zero-order valence-corrected chi connectivity index (χ0v) is 20.8. The lowest BCUT2D eigenvalue weighted by atomic mass is 10.1. The Morgan fingerprint density at radius 3 is 2.65 bits per heavy atom. The molecule has 0 fully saturated rings. The van der Waals surface area contributed by atoms with Crippen molar-refractivity contribution in [1.82, 2.24) is 15.2 Å². The van der Waals surface area contributed by atoms with Crippen molar-refractivity contribution < 1.29 is 14.3 Å². The maximum absolute atomic E-state index is 13.5. The molecule has 2 aromatic carbocycles. The second-order valence-corrected chi connectivity index (χ2v) is 9.41. The van der Waals surface area contributed by atoms with Crippen molar-refractivity contribution >= 4 is 23.4 Å². The van der Waals surface area contributed by atoms with Gasteiger partial charge in [-0.1, -0.05) is 62.9 Å². The van der Waals surface area contributed by atoms with Crippen LogP contribution in [0.5, 0.6) is 11.6 Å². The van der Waals surface area contributed by atoms with E-state index in [-0.39, 0.29) is 5.91 Å². The molecule has 0 saturated carbocycles. The average molecular weight is 479 g/mol. The average Bonchev–Trinajstić information content (AvgIpc) is 2.98. The minimum Gasteiger partial charge on any atom is -0.493 e. The third kappa shape index (κ3) is 5.01. The largest absolute Gasteiger partial charge is 0.493 e. The van der Waals surface area contributed by atoms with Crippen LogP contribution in [0.4, 0.5) is 5.69 Å². The smallest absolute Gasteiger partial charge is 0.247 e. The number of hydrogen-bond acceptors (Lipinski definition) is 7. The molecule has 7 nitrogen and oxygen atoms in total. The molecule has 2 heterocycles. The molecular weight excluding hydrogens is 448 g/mol. The molecule has 1 atom stereocenters. The zero-order chi connectivity index (χ0) is 24.1. The summed E-state index contributed by atoms with van der Waals surface area (Å²) in [5.74, 6) is 2.34. The van der Waals surface area contributed by atoms with Gasteiger partial charge in [-0.2, -0.15) is 4.98 Å². The Balaban J connectivity index is 1.90. The number of carbonyl (C=O) groups is 1. The highest BCUT2D eigenvalue weighted by Crippen LogP contribution is 2.45. The van der Waals surface area contributed by atoms with Gasteiger partial charge < -0.3 is 9.47 Å². The number of rotatable bonds is 8. The molecule has 1 aromatic heterocycles. The molecule has 0 unspecified atom stereocenters. The van der Waals surface area contributed by atoms with Gasteiger partial charge in [0.05, 0.1) is 17.9 Å². The highest BCUT2D eigenvalue weighted by atomic mass is 32.2. The molecule has 0 bridgehead atoms. The number of anilines is 1. The molecule has 1 aliphatic heterocycles. The van der Waals surface area contributed by atoms with Crippen molar-refractivity contribution in [3.8, 4) is 22.9 Å². The van der Waals surface area contributed by atoms with Crippen LogP contribution in [0.15, 0.2) is 53.7 Å². The molecular formula is C26H30N4O3S. The summed E-state index contributed by atoms with van der Waals surface area (Å²) in [6.45, 7) is 8.72. The number of carbonyl (C=O) groups excluding carboxylic acids is 1. The van der Waals surface area contributed by atoms with Crippen LogP contribution >= 0.6 is 11.8 Å². The van der Waals surface area contributed by atoms with Crippen LogP contribution in [-0.4, -0.2) is 33.4 Å².